The van der Waals surface area contributed by atoms with Gasteiger partial charge < -0.3 is 14.3 Å². The number of unbranched alkanes of at least 4 members (excludes halogenated alkanes) is 10. The van der Waals surface area contributed by atoms with E-state index in [2.05, 4.69) is 20.8 Å². The van der Waals surface area contributed by atoms with E-state index in [1.165, 1.54) is 57.8 Å². The van der Waals surface area contributed by atoms with Gasteiger partial charge in [-0.15, -0.1) is 0 Å². The summed E-state index contributed by atoms with van der Waals surface area (Å²) >= 11 is 0. The minimum Gasteiger partial charge on any atom is -0.380 e. The van der Waals surface area contributed by atoms with Gasteiger partial charge in [0.2, 0.25) is 0 Å². The lowest BCUT2D eigenvalue weighted by atomic mass is 9.76. The first-order valence-corrected chi connectivity index (χ1v) is 14.4. The van der Waals surface area contributed by atoms with Crippen molar-refractivity contribution in [1.82, 2.24) is 0 Å². The summed E-state index contributed by atoms with van der Waals surface area (Å²) in [7, 11) is 0. The lowest BCUT2D eigenvalue weighted by Crippen LogP contribution is -2.48. The minimum absolute atomic E-state index is 0.0296. The van der Waals surface area contributed by atoms with E-state index in [-0.39, 0.29) is 5.78 Å². The van der Waals surface area contributed by atoms with Gasteiger partial charge in [-0.05, 0) is 18.8 Å². The summed E-state index contributed by atoms with van der Waals surface area (Å²) in [6, 6.07) is 0. The van der Waals surface area contributed by atoms with Crippen molar-refractivity contribution in [1.29, 1.82) is 0 Å². The number of ether oxygens (including phenoxy) is 2. The Hall–Kier alpha value is -0.740. The summed E-state index contributed by atoms with van der Waals surface area (Å²) in [6.45, 7) is 15.6. The first-order valence-electron chi connectivity index (χ1n) is 14.4. The molecule has 0 aliphatic rings. The maximum Gasteiger partial charge on any atom is 0.170 e. The van der Waals surface area contributed by atoms with Crippen LogP contribution in [-0.2, 0) is 19.1 Å². The van der Waals surface area contributed by atoms with Crippen molar-refractivity contribution in [2.24, 2.45) is 16.7 Å². The molecule has 0 N–H and O–H groups in total. The molecular formula is C30H58O4. The highest BCUT2D eigenvalue weighted by Gasteiger charge is 2.43. The number of rotatable bonds is 24. The van der Waals surface area contributed by atoms with Crippen LogP contribution in [0.2, 0.25) is 0 Å². The monoisotopic (exact) mass is 482 g/mol. The van der Waals surface area contributed by atoms with Crippen LogP contribution in [0.25, 0.3) is 0 Å². The summed E-state index contributed by atoms with van der Waals surface area (Å²) in [6.07, 6.45) is 17.5. The molecule has 0 aliphatic carbocycles. The normalized spacial score (nSPS) is 14.2. The van der Waals surface area contributed by atoms with E-state index in [0.717, 1.165) is 38.4 Å². The van der Waals surface area contributed by atoms with E-state index in [0.29, 0.717) is 25.7 Å². The van der Waals surface area contributed by atoms with Crippen LogP contribution in [0, 0.1) is 16.7 Å². The third kappa shape index (κ3) is 14.6. The highest BCUT2D eigenvalue weighted by Crippen LogP contribution is 2.31. The largest absolute Gasteiger partial charge is 0.380 e. The summed E-state index contributed by atoms with van der Waals surface area (Å²) in [5.41, 5.74) is -1.54. The summed E-state index contributed by atoms with van der Waals surface area (Å²) in [4.78, 5) is 25.2. The molecule has 0 aliphatic heterocycles. The molecule has 34 heavy (non-hydrogen) atoms. The van der Waals surface area contributed by atoms with Crippen molar-refractivity contribution < 1.29 is 19.1 Å². The average molecular weight is 483 g/mol. The minimum atomic E-state index is -0.853. The van der Waals surface area contributed by atoms with Crippen molar-refractivity contribution >= 4 is 12.1 Å². The van der Waals surface area contributed by atoms with Gasteiger partial charge in [-0.3, -0.25) is 4.79 Å². The number of aldehydes is 1. The van der Waals surface area contributed by atoms with E-state index < -0.39 is 16.9 Å². The zero-order valence-electron chi connectivity index (χ0n) is 23.9. The molecule has 0 rings (SSSR count). The van der Waals surface area contributed by atoms with Gasteiger partial charge in [-0.2, -0.15) is 0 Å². The van der Waals surface area contributed by atoms with E-state index in [1.807, 2.05) is 13.8 Å². The van der Waals surface area contributed by atoms with Gasteiger partial charge in [0.15, 0.2) is 5.78 Å². The van der Waals surface area contributed by atoms with Crippen molar-refractivity contribution in [2.45, 2.75) is 144 Å². The molecule has 202 valence electrons. The number of hydrogen-bond donors (Lipinski definition) is 0. The predicted molar refractivity (Wildman–Crippen MR) is 144 cm³/mol. The second-order valence-corrected chi connectivity index (χ2v) is 11.6. The molecule has 0 saturated heterocycles. The molecule has 0 spiro atoms. The molecule has 0 aromatic carbocycles. The Balaban J connectivity index is 4.46. The fourth-order valence-corrected chi connectivity index (χ4v) is 4.27. The lowest BCUT2D eigenvalue weighted by Gasteiger charge is -2.35. The maximum absolute atomic E-state index is 13.5. The first-order chi connectivity index (χ1) is 16.2. The number of carbonyl (C=O) groups excluding carboxylic acids is 2. The summed E-state index contributed by atoms with van der Waals surface area (Å²) < 4.78 is 12.1. The van der Waals surface area contributed by atoms with Crippen molar-refractivity contribution in [2.75, 3.05) is 19.8 Å². The van der Waals surface area contributed by atoms with E-state index in [4.69, 9.17) is 9.47 Å². The molecular weight excluding hydrogens is 424 g/mol. The summed E-state index contributed by atoms with van der Waals surface area (Å²) in [5, 5.41) is 0. The third-order valence-corrected chi connectivity index (χ3v) is 7.03. The van der Waals surface area contributed by atoms with Crippen LogP contribution in [0.15, 0.2) is 0 Å². The van der Waals surface area contributed by atoms with Gasteiger partial charge in [-0.1, -0.05) is 126 Å². The molecule has 4 heteroatoms. The van der Waals surface area contributed by atoms with Crippen molar-refractivity contribution in [3.8, 4) is 0 Å². The van der Waals surface area contributed by atoms with Crippen LogP contribution in [-0.4, -0.2) is 38.0 Å². The zero-order chi connectivity index (χ0) is 25.9. The Labute approximate surface area is 212 Å². The molecule has 2 unspecified atom stereocenters. The highest BCUT2D eigenvalue weighted by molar-refractivity contribution is 5.91. The van der Waals surface area contributed by atoms with E-state index in [1.54, 1.807) is 13.8 Å². The zero-order valence-corrected chi connectivity index (χ0v) is 23.9. The average Bonchev–Trinajstić information content (AvgIpc) is 2.81. The van der Waals surface area contributed by atoms with Crippen molar-refractivity contribution in [3.63, 3.8) is 0 Å². The fraction of sp³-hybridized carbons (Fsp3) is 0.933. The van der Waals surface area contributed by atoms with Crippen LogP contribution in [0.4, 0.5) is 0 Å². The van der Waals surface area contributed by atoms with Gasteiger partial charge >= 0.3 is 0 Å². The molecule has 4 nitrogen and oxygen atoms in total. The predicted octanol–water partition coefficient (Wildman–Crippen LogP) is 8.35. The number of ketones is 1. The molecule has 0 bridgehead atoms. The number of hydrogen-bond acceptors (Lipinski definition) is 4. The Kier molecular flexibility index (Phi) is 19.0. The lowest BCUT2D eigenvalue weighted by molar-refractivity contribution is -0.155. The van der Waals surface area contributed by atoms with E-state index >= 15 is 0 Å². The highest BCUT2D eigenvalue weighted by atomic mass is 16.5. The van der Waals surface area contributed by atoms with E-state index in [9.17, 15) is 9.59 Å². The van der Waals surface area contributed by atoms with Crippen LogP contribution in [0.5, 0.6) is 0 Å². The maximum atomic E-state index is 13.5. The topological polar surface area (TPSA) is 52.6 Å². The number of Topliss-reactive ketones (excluding diaryl/α,β-unsaturated/α-hetero) is 1. The summed E-state index contributed by atoms with van der Waals surface area (Å²) in [5.74, 6) is 0.395. The Morgan fingerprint density at radius 1 is 0.794 bits per heavy atom. The molecule has 0 radical (unpaired) electrons. The molecule has 0 saturated carbocycles. The Morgan fingerprint density at radius 2 is 1.32 bits per heavy atom. The second-order valence-electron chi connectivity index (χ2n) is 11.6. The number of carbonyl (C=O) groups is 2. The van der Waals surface area contributed by atoms with Crippen molar-refractivity contribution in [3.05, 3.63) is 0 Å². The van der Waals surface area contributed by atoms with Gasteiger partial charge in [0.25, 0.3) is 0 Å². The molecule has 2 atom stereocenters. The quantitative estimate of drug-likeness (QED) is 0.102. The van der Waals surface area contributed by atoms with Gasteiger partial charge in [0.1, 0.15) is 12.4 Å². The van der Waals surface area contributed by atoms with Crippen LogP contribution in [0.3, 0.4) is 0 Å². The Bertz CT molecular complexity index is 512. The third-order valence-electron chi connectivity index (χ3n) is 7.03. The smallest absolute Gasteiger partial charge is 0.170 e. The Morgan fingerprint density at radius 3 is 1.82 bits per heavy atom. The molecule has 0 aromatic rings. The first kappa shape index (κ1) is 33.3. The van der Waals surface area contributed by atoms with Gasteiger partial charge in [-0.25, -0.2) is 0 Å². The SMILES string of the molecule is CCCCCCCCCCCCOCC(C)(C)C(=O)C(OCC(CC)CCCC)C(C)(C)C=O. The standard InChI is InChI=1S/C30H58O4/c1-8-11-13-14-15-16-17-18-19-20-22-33-25-30(6,7)27(32)28(29(4,5)24-31)34-23-26(10-3)21-12-9-2/h24,26,28H,8-23,25H2,1-7H3. The molecule has 0 amide bonds. The van der Waals surface area contributed by atoms with Crippen LogP contribution >= 0.6 is 0 Å². The van der Waals surface area contributed by atoms with Gasteiger partial charge in [0.05, 0.1) is 18.6 Å². The van der Waals surface area contributed by atoms with Crippen LogP contribution in [0.1, 0.15) is 138 Å². The second kappa shape index (κ2) is 19.4. The molecule has 0 heterocycles. The fourth-order valence-electron chi connectivity index (χ4n) is 4.27. The van der Waals surface area contributed by atoms with Gasteiger partial charge in [0, 0.05) is 12.0 Å². The molecule has 0 aromatic heterocycles. The molecule has 0 fully saturated rings. The van der Waals surface area contributed by atoms with Crippen LogP contribution < -0.4 is 0 Å².